The Balaban J connectivity index is 2.27. The van der Waals surface area contributed by atoms with Gasteiger partial charge in [0.1, 0.15) is 23.0 Å². The summed E-state index contributed by atoms with van der Waals surface area (Å²) in [5.41, 5.74) is 1.23. The number of methoxy groups -OCH3 is 2. The third-order valence-electron chi connectivity index (χ3n) is 3.90. The molecule has 0 saturated carbocycles. The first-order valence-corrected chi connectivity index (χ1v) is 9.75. The topological polar surface area (TPSA) is 35.5 Å². The lowest BCUT2D eigenvalue weighted by atomic mass is 10.0. The second kappa shape index (κ2) is 8.78. The van der Waals surface area contributed by atoms with Gasteiger partial charge in [-0.1, -0.05) is 6.92 Å². The van der Waals surface area contributed by atoms with Crippen LogP contribution in [-0.4, -0.2) is 31.5 Å². The van der Waals surface area contributed by atoms with Gasteiger partial charge in [-0.2, -0.15) is 0 Å². The summed E-state index contributed by atoms with van der Waals surface area (Å²) in [6.07, 6.45) is 1.18. The van der Waals surface area contributed by atoms with E-state index < -0.39 is 0 Å². The molecule has 0 N–H and O–H groups in total. The fourth-order valence-electron chi connectivity index (χ4n) is 2.62. The average molecular weight is 345 g/mol. The molecule has 1 unspecified atom stereocenters. The van der Waals surface area contributed by atoms with Gasteiger partial charge >= 0.3 is 0 Å². The predicted octanol–water partition coefficient (Wildman–Crippen LogP) is 4.34. The molecule has 0 bridgehead atoms. The van der Waals surface area contributed by atoms with E-state index in [4.69, 9.17) is 9.47 Å². The fraction of sp³-hybridized carbons (Fsp3) is 0.350. The number of carbonyl (C=O) groups excluding carboxylic acids is 1. The molecule has 24 heavy (non-hydrogen) atoms. The van der Waals surface area contributed by atoms with Crippen LogP contribution in [0.15, 0.2) is 47.4 Å². The van der Waals surface area contributed by atoms with Crippen molar-refractivity contribution >= 4 is 16.7 Å². The Morgan fingerprint density at radius 2 is 1.71 bits per heavy atom. The number of benzene rings is 2. The summed E-state index contributed by atoms with van der Waals surface area (Å²) in [4.78, 5) is 14.1. The minimum atomic E-state index is -0.0343. The van der Waals surface area contributed by atoms with E-state index in [2.05, 4.69) is 26.0 Å². The molecule has 0 fully saturated rings. The van der Waals surface area contributed by atoms with Gasteiger partial charge in [0.25, 0.3) is 0 Å². The van der Waals surface area contributed by atoms with Crippen LogP contribution in [-0.2, 0) is 10.9 Å². The van der Waals surface area contributed by atoms with Crippen molar-refractivity contribution in [2.45, 2.75) is 25.2 Å². The standard InChI is InChI=1S/C20H25O3S/c1-5-13-24(6-2)17-10-7-15(8-11-17)20(21)18-12-9-16(22-3)14-19(18)23-4/h7-12,14H,5-6,13H2,1-4H3/q+1. The molecule has 0 amide bonds. The fourth-order valence-corrected chi connectivity index (χ4v) is 4.49. The number of hydrogen-bond donors (Lipinski definition) is 0. The Labute approximate surface area is 147 Å². The van der Waals surface area contributed by atoms with Crippen LogP contribution in [0, 0.1) is 0 Å². The Morgan fingerprint density at radius 1 is 1.00 bits per heavy atom. The van der Waals surface area contributed by atoms with E-state index >= 15 is 0 Å². The van der Waals surface area contributed by atoms with Crippen LogP contribution in [0.25, 0.3) is 0 Å². The largest absolute Gasteiger partial charge is 0.497 e. The number of ether oxygens (including phenoxy) is 2. The highest BCUT2D eigenvalue weighted by Gasteiger charge is 2.20. The van der Waals surface area contributed by atoms with Gasteiger partial charge in [0.2, 0.25) is 0 Å². The molecular weight excluding hydrogens is 320 g/mol. The van der Waals surface area contributed by atoms with Crippen LogP contribution in [0.5, 0.6) is 11.5 Å². The van der Waals surface area contributed by atoms with Gasteiger partial charge in [-0.3, -0.25) is 4.79 Å². The van der Waals surface area contributed by atoms with E-state index in [1.54, 1.807) is 32.4 Å². The zero-order chi connectivity index (χ0) is 17.5. The van der Waals surface area contributed by atoms with Crippen molar-refractivity contribution in [2.75, 3.05) is 25.7 Å². The van der Waals surface area contributed by atoms with E-state index in [-0.39, 0.29) is 16.7 Å². The molecule has 3 nitrogen and oxygen atoms in total. The smallest absolute Gasteiger partial charge is 0.196 e. The summed E-state index contributed by atoms with van der Waals surface area (Å²) in [7, 11) is 3.43. The van der Waals surface area contributed by atoms with Crippen molar-refractivity contribution in [1.29, 1.82) is 0 Å². The molecule has 2 aromatic rings. The minimum Gasteiger partial charge on any atom is -0.497 e. The molecule has 128 valence electrons. The Bertz CT molecular complexity index is 680. The third-order valence-corrected chi connectivity index (χ3v) is 6.44. The van der Waals surface area contributed by atoms with E-state index in [1.165, 1.54) is 17.1 Å². The second-order valence-corrected chi connectivity index (χ2v) is 7.85. The highest BCUT2D eigenvalue weighted by molar-refractivity contribution is 7.96. The molecule has 0 radical (unpaired) electrons. The number of rotatable bonds is 8. The maximum absolute atomic E-state index is 12.8. The lowest BCUT2D eigenvalue weighted by Gasteiger charge is -2.10. The lowest BCUT2D eigenvalue weighted by molar-refractivity contribution is 0.103. The van der Waals surface area contributed by atoms with Crippen LogP contribution in [0.3, 0.4) is 0 Å². The van der Waals surface area contributed by atoms with Crippen LogP contribution < -0.4 is 9.47 Å². The second-order valence-electron chi connectivity index (χ2n) is 5.41. The van der Waals surface area contributed by atoms with Gasteiger partial charge in [0.15, 0.2) is 10.7 Å². The van der Waals surface area contributed by atoms with Crippen molar-refractivity contribution in [1.82, 2.24) is 0 Å². The Hall–Kier alpha value is -1.94. The maximum atomic E-state index is 12.8. The van der Waals surface area contributed by atoms with E-state index in [0.29, 0.717) is 22.6 Å². The van der Waals surface area contributed by atoms with E-state index in [9.17, 15) is 4.79 Å². The first kappa shape index (κ1) is 18.4. The first-order valence-electron chi connectivity index (χ1n) is 8.18. The zero-order valence-electron chi connectivity index (χ0n) is 14.8. The van der Waals surface area contributed by atoms with Crippen LogP contribution >= 0.6 is 0 Å². The SMILES string of the molecule is CCC[S+](CC)c1ccc(C(=O)c2ccc(OC)cc2OC)cc1. The monoisotopic (exact) mass is 345 g/mol. The lowest BCUT2D eigenvalue weighted by Crippen LogP contribution is -2.10. The molecule has 4 heteroatoms. The van der Waals surface area contributed by atoms with Crippen LogP contribution in [0.2, 0.25) is 0 Å². The molecule has 0 heterocycles. The normalized spacial score (nSPS) is 11.8. The maximum Gasteiger partial charge on any atom is 0.196 e. The molecule has 0 spiro atoms. The molecule has 2 aromatic carbocycles. The van der Waals surface area contributed by atoms with Crippen molar-refractivity contribution in [2.24, 2.45) is 0 Å². The Kier molecular flexibility index (Phi) is 6.73. The van der Waals surface area contributed by atoms with Gasteiger partial charge in [0.05, 0.1) is 19.8 Å². The van der Waals surface area contributed by atoms with Crippen LogP contribution in [0.1, 0.15) is 36.2 Å². The van der Waals surface area contributed by atoms with E-state index in [1.807, 2.05) is 12.1 Å². The highest BCUT2D eigenvalue weighted by Crippen LogP contribution is 2.27. The van der Waals surface area contributed by atoms with Crippen molar-refractivity contribution in [3.05, 3.63) is 53.6 Å². The molecule has 2 rings (SSSR count). The molecule has 0 aliphatic heterocycles. The van der Waals surface area contributed by atoms with Gasteiger partial charge in [-0.15, -0.1) is 0 Å². The van der Waals surface area contributed by atoms with Crippen molar-refractivity contribution < 1.29 is 14.3 Å². The quantitative estimate of drug-likeness (QED) is 0.527. The van der Waals surface area contributed by atoms with Gasteiger partial charge in [0, 0.05) is 22.5 Å². The summed E-state index contributed by atoms with van der Waals surface area (Å²) in [6, 6.07) is 13.3. The zero-order valence-corrected chi connectivity index (χ0v) is 15.6. The molecular formula is C20H25O3S+. The van der Waals surface area contributed by atoms with Crippen LogP contribution in [0.4, 0.5) is 0 Å². The van der Waals surface area contributed by atoms with Crippen molar-refractivity contribution in [3.63, 3.8) is 0 Å². The molecule has 0 aliphatic rings. The molecule has 0 aromatic heterocycles. The molecule has 0 saturated heterocycles. The average Bonchev–Trinajstić information content (AvgIpc) is 2.65. The Morgan fingerprint density at radius 3 is 2.25 bits per heavy atom. The summed E-state index contributed by atoms with van der Waals surface area (Å²) < 4.78 is 10.5. The molecule has 0 aliphatic carbocycles. The third kappa shape index (κ3) is 4.12. The van der Waals surface area contributed by atoms with Gasteiger partial charge < -0.3 is 9.47 Å². The summed E-state index contributed by atoms with van der Waals surface area (Å²) >= 11 is 0. The number of ketones is 1. The van der Waals surface area contributed by atoms with Gasteiger partial charge in [-0.25, -0.2) is 0 Å². The molecule has 1 atom stereocenters. The highest BCUT2D eigenvalue weighted by atomic mass is 32.2. The van der Waals surface area contributed by atoms with Crippen molar-refractivity contribution in [3.8, 4) is 11.5 Å². The minimum absolute atomic E-state index is 0.0343. The predicted molar refractivity (Wildman–Crippen MR) is 101 cm³/mol. The first-order chi connectivity index (χ1) is 11.6. The number of carbonyl (C=O) groups is 1. The summed E-state index contributed by atoms with van der Waals surface area (Å²) in [5, 5.41) is 0. The number of hydrogen-bond acceptors (Lipinski definition) is 3. The summed E-state index contributed by atoms with van der Waals surface area (Å²) in [5.74, 6) is 3.52. The summed E-state index contributed by atoms with van der Waals surface area (Å²) in [6.45, 7) is 4.43. The van der Waals surface area contributed by atoms with E-state index in [0.717, 1.165) is 5.75 Å². The van der Waals surface area contributed by atoms with Gasteiger partial charge in [-0.05, 0) is 49.7 Å².